The van der Waals surface area contributed by atoms with Crippen molar-refractivity contribution >= 4 is 12.3 Å². The van der Waals surface area contributed by atoms with E-state index in [-0.39, 0.29) is 13.2 Å². The molecule has 0 radical (unpaired) electrons. The zero-order chi connectivity index (χ0) is 12.5. The van der Waals surface area contributed by atoms with Crippen molar-refractivity contribution in [3.05, 3.63) is 48.6 Å². The van der Waals surface area contributed by atoms with Crippen molar-refractivity contribution in [3.63, 3.8) is 0 Å². The lowest BCUT2D eigenvalue weighted by Crippen LogP contribution is -2.15. The molecule has 5 nitrogen and oxygen atoms in total. The Labute approximate surface area is 98.6 Å². The van der Waals surface area contributed by atoms with Crippen molar-refractivity contribution < 1.29 is 23.8 Å². The molecule has 0 heterocycles. The van der Waals surface area contributed by atoms with Crippen molar-refractivity contribution in [2.24, 2.45) is 0 Å². The topological polar surface area (TPSA) is 61.8 Å². The van der Waals surface area contributed by atoms with Gasteiger partial charge < -0.3 is 14.2 Å². The quantitative estimate of drug-likeness (QED) is 0.457. The summed E-state index contributed by atoms with van der Waals surface area (Å²) < 4.78 is 13.3. The van der Waals surface area contributed by atoms with E-state index in [2.05, 4.69) is 16.1 Å². The van der Waals surface area contributed by atoms with Crippen LogP contribution in [0.1, 0.15) is 5.56 Å². The molecule has 0 unspecified atom stereocenters. The first-order valence-electron chi connectivity index (χ1n) is 4.88. The van der Waals surface area contributed by atoms with E-state index in [1.165, 1.54) is 6.08 Å². The lowest BCUT2D eigenvalue weighted by Gasteiger charge is -2.04. The van der Waals surface area contributed by atoms with Crippen LogP contribution in [0.2, 0.25) is 0 Å². The van der Waals surface area contributed by atoms with Crippen LogP contribution in [0.25, 0.3) is 0 Å². The first kappa shape index (κ1) is 12.8. The van der Waals surface area contributed by atoms with E-state index in [4.69, 9.17) is 4.74 Å². The Balaban J connectivity index is 2.26. The summed E-state index contributed by atoms with van der Waals surface area (Å²) in [5, 5.41) is 0. The Morgan fingerprint density at radius 3 is 2.41 bits per heavy atom. The molecule has 1 rings (SSSR count). The number of hydrogen-bond acceptors (Lipinski definition) is 5. The monoisotopic (exact) mass is 236 g/mol. The lowest BCUT2D eigenvalue weighted by molar-refractivity contribution is 0.0374. The fourth-order valence-corrected chi connectivity index (χ4v) is 0.970. The third-order valence-electron chi connectivity index (χ3n) is 1.69. The highest BCUT2D eigenvalue weighted by molar-refractivity contribution is 5.76. The molecule has 5 heteroatoms. The van der Waals surface area contributed by atoms with Crippen LogP contribution >= 0.6 is 0 Å². The second kappa shape index (κ2) is 7.05. The van der Waals surface area contributed by atoms with Crippen LogP contribution in [-0.4, -0.2) is 18.9 Å². The number of hydrogen-bond donors (Lipinski definition) is 0. The van der Waals surface area contributed by atoms with E-state index >= 15 is 0 Å². The molecule has 0 amide bonds. The number of ether oxygens (including phenoxy) is 3. The van der Waals surface area contributed by atoms with Gasteiger partial charge in [0.15, 0.2) is 0 Å². The van der Waals surface area contributed by atoms with E-state index in [0.29, 0.717) is 0 Å². The van der Waals surface area contributed by atoms with Gasteiger partial charge in [0.25, 0.3) is 0 Å². The van der Waals surface area contributed by atoms with Gasteiger partial charge in [0, 0.05) is 0 Å². The van der Waals surface area contributed by atoms with E-state index in [0.717, 1.165) is 5.56 Å². The molecule has 0 N–H and O–H groups in total. The maximum Gasteiger partial charge on any atom is 0.518 e. The Morgan fingerprint density at radius 1 is 1.12 bits per heavy atom. The summed E-state index contributed by atoms with van der Waals surface area (Å²) in [5.74, 6) is 0. The van der Waals surface area contributed by atoms with Crippen molar-refractivity contribution in [2.75, 3.05) is 6.61 Å². The summed E-state index contributed by atoms with van der Waals surface area (Å²) in [7, 11) is 0. The average Bonchev–Trinajstić information content (AvgIpc) is 2.35. The van der Waals surface area contributed by atoms with Crippen LogP contribution in [0, 0.1) is 0 Å². The Hall–Kier alpha value is -2.30. The normalized spacial score (nSPS) is 9.18. The van der Waals surface area contributed by atoms with Gasteiger partial charge in [-0.25, -0.2) is 9.59 Å². The zero-order valence-corrected chi connectivity index (χ0v) is 9.13. The molecule has 0 aliphatic rings. The molecule has 0 saturated heterocycles. The molecular formula is C12H12O5. The van der Waals surface area contributed by atoms with Crippen molar-refractivity contribution in [1.29, 1.82) is 0 Å². The maximum atomic E-state index is 11.0. The van der Waals surface area contributed by atoms with Gasteiger partial charge in [0.2, 0.25) is 0 Å². The summed E-state index contributed by atoms with van der Waals surface area (Å²) in [6, 6.07) is 9.02. The third kappa shape index (κ3) is 5.36. The van der Waals surface area contributed by atoms with Gasteiger partial charge in [-0.15, -0.1) is 0 Å². The summed E-state index contributed by atoms with van der Waals surface area (Å²) in [4.78, 5) is 21.8. The molecule has 90 valence electrons. The standard InChI is InChI=1S/C12H12O5/c1-2-8-15-11(13)17-12(14)16-9-10-6-4-3-5-7-10/h2-7H,1,8-9H2. The van der Waals surface area contributed by atoms with Crippen LogP contribution in [0.5, 0.6) is 0 Å². The van der Waals surface area contributed by atoms with Gasteiger partial charge in [0.1, 0.15) is 13.2 Å². The molecule has 0 atom stereocenters. The second-order valence-corrected chi connectivity index (χ2v) is 2.98. The smallest absolute Gasteiger partial charge is 0.430 e. The van der Waals surface area contributed by atoms with E-state index in [9.17, 15) is 9.59 Å². The molecule has 0 aliphatic carbocycles. The SMILES string of the molecule is C=CCOC(=O)OC(=O)OCc1ccccc1. The van der Waals surface area contributed by atoms with Gasteiger partial charge in [-0.1, -0.05) is 43.0 Å². The minimum atomic E-state index is -1.11. The number of carbonyl (C=O) groups excluding carboxylic acids is 2. The molecule has 0 spiro atoms. The number of rotatable bonds is 4. The molecule has 17 heavy (non-hydrogen) atoms. The molecule has 0 aromatic heterocycles. The van der Waals surface area contributed by atoms with Gasteiger partial charge in [-0.2, -0.15) is 0 Å². The first-order chi connectivity index (χ1) is 8.22. The third-order valence-corrected chi connectivity index (χ3v) is 1.69. The van der Waals surface area contributed by atoms with Crippen LogP contribution in [0.15, 0.2) is 43.0 Å². The molecular weight excluding hydrogens is 224 g/mol. The largest absolute Gasteiger partial charge is 0.518 e. The van der Waals surface area contributed by atoms with Crippen LogP contribution in [0.4, 0.5) is 9.59 Å². The van der Waals surface area contributed by atoms with Crippen LogP contribution in [-0.2, 0) is 20.8 Å². The lowest BCUT2D eigenvalue weighted by atomic mass is 10.2. The van der Waals surface area contributed by atoms with Crippen LogP contribution < -0.4 is 0 Å². The molecule has 0 aliphatic heterocycles. The predicted molar refractivity (Wildman–Crippen MR) is 59.3 cm³/mol. The first-order valence-corrected chi connectivity index (χ1v) is 4.88. The molecule has 1 aromatic rings. The minimum Gasteiger partial charge on any atom is -0.430 e. The molecule has 0 bridgehead atoms. The second-order valence-electron chi connectivity index (χ2n) is 2.98. The Kier molecular flexibility index (Phi) is 5.30. The maximum absolute atomic E-state index is 11.0. The summed E-state index contributed by atoms with van der Waals surface area (Å²) >= 11 is 0. The highest BCUT2D eigenvalue weighted by Crippen LogP contribution is 2.02. The Bertz CT molecular complexity index is 385. The Morgan fingerprint density at radius 2 is 1.76 bits per heavy atom. The molecule has 0 fully saturated rings. The number of benzene rings is 1. The highest BCUT2D eigenvalue weighted by atomic mass is 16.8. The summed E-state index contributed by atoms with van der Waals surface area (Å²) in [6.45, 7) is 3.35. The van der Waals surface area contributed by atoms with E-state index in [1.54, 1.807) is 12.1 Å². The summed E-state index contributed by atoms with van der Waals surface area (Å²) in [6.07, 6.45) is -0.845. The summed E-state index contributed by atoms with van der Waals surface area (Å²) in [5.41, 5.74) is 0.795. The van der Waals surface area contributed by atoms with E-state index < -0.39 is 12.3 Å². The van der Waals surface area contributed by atoms with Gasteiger partial charge in [-0.3, -0.25) is 0 Å². The average molecular weight is 236 g/mol. The zero-order valence-electron chi connectivity index (χ0n) is 9.13. The predicted octanol–water partition coefficient (Wildman–Crippen LogP) is 2.66. The van der Waals surface area contributed by atoms with Crippen molar-refractivity contribution in [1.82, 2.24) is 0 Å². The van der Waals surface area contributed by atoms with Crippen molar-refractivity contribution in [3.8, 4) is 0 Å². The van der Waals surface area contributed by atoms with Gasteiger partial charge in [-0.05, 0) is 5.56 Å². The fourth-order valence-electron chi connectivity index (χ4n) is 0.970. The van der Waals surface area contributed by atoms with E-state index in [1.807, 2.05) is 18.2 Å². The van der Waals surface area contributed by atoms with Gasteiger partial charge >= 0.3 is 12.3 Å². The number of carbonyl (C=O) groups is 2. The molecule has 1 aromatic carbocycles. The van der Waals surface area contributed by atoms with Gasteiger partial charge in [0.05, 0.1) is 0 Å². The van der Waals surface area contributed by atoms with Crippen molar-refractivity contribution in [2.45, 2.75) is 6.61 Å². The molecule has 0 saturated carbocycles. The van der Waals surface area contributed by atoms with Crippen LogP contribution in [0.3, 0.4) is 0 Å². The fraction of sp³-hybridized carbons (Fsp3) is 0.167. The highest BCUT2D eigenvalue weighted by Gasteiger charge is 2.12. The minimum absolute atomic E-state index is 0.0230.